The monoisotopic (exact) mass is 234 g/mol. The smallest absolute Gasteiger partial charge is 0.101 e. The highest BCUT2D eigenvalue weighted by Crippen LogP contribution is 2.25. The van der Waals surface area contributed by atoms with Crippen molar-refractivity contribution in [1.29, 1.82) is 5.26 Å². The molecule has 0 N–H and O–H groups in total. The van der Waals surface area contributed by atoms with E-state index in [2.05, 4.69) is 11.0 Å². The zero-order valence-electron chi connectivity index (χ0n) is 9.25. The Labute approximate surface area is 101 Å². The van der Waals surface area contributed by atoms with Crippen molar-refractivity contribution in [1.82, 2.24) is 0 Å². The van der Waals surface area contributed by atoms with Crippen LogP contribution in [0, 0.1) is 11.3 Å². The lowest BCUT2D eigenvalue weighted by Gasteiger charge is -2.23. The van der Waals surface area contributed by atoms with E-state index in [1.54, 1.807) is 6.07 Å². The van der Waals surface area contributed by atoms with Gasteiger partial charge in [-0.1, -0.05) is 24.4 Å². The first kappa shape index (κ1) is 11.3. The van der Waals surface area contributed by atoms with Crippen LogP contribution in [0.3, 0.4) is 0 Å². The van der Waals surface area contributed by atoms with Gasteiger partial charge in [-0.25, -0.2) is 0 Å². The summed E-state index contributed by atoms with van der Waals surface area (Å²) in [4.78, 5) is 2.31. The molecular formula is C13H15ClN2. The van der Waals surface area contributed by atoms with Crippen molar-refractivity contribution in [3.63, 3.8) is 0 Å². The minimum atomic E-state index is 0.634. The van der Waals surface area contributed by atoms with Gasteiger partial charge in [-0.2, -0.15) is 5.26 Å². The van der Waals surface area contributed by atoms with Crippen LogP contribution in [0.25, 0.3) is 0 Å². The molecule has 0 aromatic heterocycles. The van der Waals surface area contributed by atoms with E-state index in [0.717, 1.165) is 18.8 Å². The van der Waals surface area contributed by atoms with E-state index in [9.17, 15) is 0 Å². The Morgan fingerprint density at radius 2 is 1.81 bits per heavy atom. The topological polar surface area (TPSA) is 27.0 Å². The predicted molar refractivity (Wildman–Crippen MR) is 66.8 cm³/mol. The summed E-state index contributed by atoms with van der Waals surface area (Å²) in [6.07, 6.45) is 5.03. The van der Waals surface area contributed by atoms with Crippen LogP contribution in [-0.2, 0) is 0 Å². The molecule has 84 valence electrons. The molecule has 0 amide bonds. The highest BCUT2D eigenvalue weighted by Gasteiger charge is 2.13. The van der Waals surface area contributed by atoms with Gasteiger partial charge in [0.1, 0.15) is 6.07 Å². The molecule has 0 radical (unpaired) electrons. The zero-order chi connectivity index (χ0) is 11.4. The van der Waals surface area contributed by atoms with Gasteiger partial charge in [0.25, 0.3) is 0 Å². The molecule has 16 heavy (non-hydrogen) atoms. The Morgan fingerprint density at radius 3 is 2.44 bits per heavy atom. The van der Waals surface area contributed by atoms with Crippen LogP contribution in [0.1, 0.15) is 31.2 Å². The fourth-order valence-corrected chi connectivity index (χ4v) is 2.36. The van der Waals surface area contributed by atoms with Gasteiger partial charge in [0.15, 0.2) is 0 Å². The third-order valence-electron chi connectivity index (χ3n) is 3.03. The van der Waals surface area contributed by atoms with Crippen molar-refractivity contribution in [3.8, 4) is 6.07 Å². The minimum absolute atomic E-state index is 0.634. The van der Waals surface area contributed by atoms with Gasteiger partial charge in [0.05, 0.1) is 11.3 Å². The van der Waals surface area contributed by atoms with E-state index in [4.69, 9.17) is 16.9 Å². The molecule has 0 bridgehead atoms. The summed E-state index contributed by atoms with van der Waals surface area (Å²) in [6.45, 7) is 2.10. The molecule has 0 unspecified atom stereocenters. The van der Waals surface area contributed by atoms with E-state index < -0.39 is 0 Å². The molecule has 2 nitrogen and oxygen atoms in total. The van der Waals surface area contributed by atoms with E-state index in [1.165, 1.54) is 25.7 Å². The quantitative estimate of drug-likeness (QED) is 0.743. The molecule has 1 aromatic carbocycles. The highest BCUT2D eigenvalue weighted by molar-refractivity contribution is 6.30. The number of hydrogen-bond donors (Lipinski definition) is 0. The summed E-state index contributed by atoms with van der Waals surface area (Å²) in [5.41, 5.74) is 1.73. The van der Waals surface area contributed by atoms with E-state index in [0.29, 0.717) is 10.6 Å². The lowest BCUT2D eigenvalue weighted by molar-refractivity contribution is 0.726. The average Bonchev–Trinajstić information content (AvgIpc) is 2.57. The molecular weight excluding hydrogens is 220 g/mol. The summed E-state index contributed by atoms with van der Waals surface area (Å²) >= 11 is 5.90. The van der Waals surface area contributed by atoms with Gasteiger partial charge in [-0.15, -0.1) is 0 Å². The number of hydrogen-bond acceptors (Lipinski definition) is 2. The van der Waals surface area contributed by atoms with Crippen molar-refractivity contribution in [3.05, 3.63) is 28.8 Å². The molecule has 0 atom stereocenters. The van der Waals surface area contributed by atoms with Gasteiger partial charge < -0.3 is 4.90 Å². The maximum atomic E-state index is 9.11. The van der Waals surface area contributed by atoms with Crippen molar-refractivity contribution in [2.75, 3.05) is 18.0 Å². The van der Waals surface area contributed by atoms with Crippen molar-refractivity contribution in [2.24, 2.45) is 0 Å². The number of nitriles is 1. The SMILES string of the molecule is N#Cc1cc(Cl)ccc1N1CCCCCC1. The summed E-state index contributed by atoms with van der Waals surface area (Å²) < 4.78 is 0. The van der Waals surface area contributed by atoms with Crippen LogP contribution < -0.4 is 4.90 Å². The number of rotatable bonds is 1. The molecule has 1 aromatic rings. The third kappa shape index (κ3) is 2.48. The Morgan fingerprint density at radius 1 is 1.12 bits per heavy atom. The van der Waals surface area contributed by atoms with Crippen LogP contribution in [0.15, 0.2) is 18.2 Å². The third-order valence-corrected chi connectivity index (χ3v) is 3.26. The molecule has 1 saturated heterocycles. The molecule has 1 heterocycles. The van der Waals surface area contributed by atoms with Crippen molar-refractivity contribution < 1.29 is 0 Å². The minimum Gasteiger partial charge on any atom is -0.370 e. The van der Waals surface area contributed by atoms with Gasteiger partial charge in [0.2, 0.25) is 0 Å². The molecule has 2 rings (SSSR count). The molecule has 0 spiro atoms. The van der Waals surface area contributed by atoms with Gasteiger partial charge in [0, 0.05) is 18.1 Å². The molecule has 0 saturated carbocycles. The molecule has 1 aliphatic rings. The fraction of sp³-hybridized carbons (Fsp3) is 0.462. The van der Waals surface area contributed by atoms with Crippen LogP contribution in [0.2, 0.25) is 5.02 Å². The number of benzene rings is 1. The number of nitrogens with zero attached hydrogens (tertiary/aromatic N) is 2. The standard InChI is InChI=1S/C13H15ClN2/c14-12-5-6-13(11(9-12)10-15)16-7-3-1-2-4-8-16/h5-6,9H,1-4,7-8H2. The van der Waals surface area contributed by atoms with Crippen LogP contribution in [0.4, 0.5) is 5.69 Å². The van der Waals surface area contributed by atoms with Crippen molar-refractivity contribution >= 4 is 17.3 Å². The number of anilines is 1. The highest BCUT2D eigenvalue weighted by atomic mass is 35.5. The lowest BCUT2D eigenvalue weighted by Crippen LogP contribution is -2.24. The first-order chi connectivity index (χ1) is 7.81. The van der Waals surface area contributed by atoms with Gasteiger partial charge in [-0.3, -0.25) is 0 Å². The van der Waals surface area contributed by atoms with Crippen LogP contribution >= 0.6 is 11.6 Å². The van der Waals surface area contributed by atoms with E-state index in [1.807, 2.05) is 12.1 Å². The zero-order valence-corrected chi connectivity index (χ0v) is 10.0. The molecule has 3 heteroatoms. The predicted octanol–water partition coefficient (Wildman–Crippen LogP) is 3.59. The second-order valence-electron chi connectivity index (χ2n) is 4.17. The van der Waals surface area contributed by atoms with E-state index >= 15 is 0 Å². The Kier molecular flexibility index (Phi) is 3.69. The first-order valence-corrected chi connectivity index (χ1v) is 6.13. The van der Waals surface area contributed by atoms with E-state index in [-0.39, 0.29) is 0 Å². The summed E-state index contributed by atoms with van der Waals surface area (Å²) in [5.74, 6) is 0. The maximum Gasteiger partial charge on any atom is 0.101 e. The number of halogens is 1. The van der Waals surface area contributed by atoms with Gasteiger partial charge >= 0.3 is 0 Å². The first-order valence-electron chi connectivity index (χ1n) is 5.76. The summed E-state index contributed by atoms with van der Waals surface area (Å²) in [5, 5.41) is 9.74. The van der Waals surface area contributed by atoms with Crippen LogP contribution in [-0.4, -0.2) is 13.1 Å². The molecule has 1 fully saturated rings. The lowest BCUT2D eigenvalue weighted by atomic mass is 10.1. The summed E-state index contributed by atoms with van der Waals surface area (Å²) in [7, 11) is 0. The Hall–Kier alpha value is -1.20. The Bertz CT molecular complexity index is 401. The van der Waals surface area contributed by atoms with Gasteiger partial charge in [-0.05, 0) is 31.0 Å². The van der Waals surface area contributed by atoms with Crippen LogP contribution in [0.5, 0.6) is 0 Å². The fourth-order valence-electron chi connectivity index (χ4n) is 2.19. The average molecular weight is 235 g/mol. The second kappa shape index (κ2) is 5.23. The normalized spacial score (nSPS) is 16.6. The molecule has 1 aliphatic heterocycles. The Balaban J connectivity index is 2.28. The summed E-state index contributed by atoms with van der Waals surface area (Å²) in [6, 6.07) is 7.81. The maximum absolute atomic E-state index is 9.11. The van der Waals surface area contributed by atoms with Crippen molar-refractivity contribution in [2.45, 2.75) is 25.7 Å². The second-order valence-corrected chi connectivity index (χ2v) is 4.61. The largest absolute Gasteiger partial charge is 0.370 e. The molecule has 0 aliphatic carbocycles.